The lowest BCUT2D eigenvalue weighted by molar-refractivity contribution is -0.119. The number of aryl methyl sites for hydroxylation is 2. The van der Waals surface area contributed by atoms with E-state index in [1.54, 1.807) is 26.0 Å². The summed E-state index contributed by atoms with van der Waals surface area (Å²) in [5, 5.41) is 3.84. The Hall–Kier alpha value is -3.26. The Balaban J connectivity index is 1.47. The molecule has 8 heteroatoms. The molecule has 0 saturated heterocycles. The molecule has 7 nitrogen and oxygen atoms in total. The number of nitrogens with one attached hydrogen (secondary N) is 1. The van der Waals surface area contributed by atoms with E-state index in [0.717, 1.165) is 29.7 Å². The van der Waals surface area contributed by atoms with Gasteiger partial charge in [-0.25, -0.2) is 9.59 Å². The summed E-state index contributed by atoms with van der Waals surface area (Å²) in [4.78, 5) is 43.0. The molecule has 0 saturated carbocycles. The van der Waals surface area contributed by atoms with E-state index in [4.69, 9.17) is 9.47 Å². The molecule has 1 aliphatic carbocycles. The number of benzene rings is 1. The highest BCUT2D eigenvalue weighted by molar-refractivity contribution is 7.17. The van der Waals surface area contributed by atoms with Crippen molar-refractivity contribution in [2.75, 3.05) is 18.5 Å². The van der Waals surface area contributed by atoms with Gasteiger partial charge >= 0.3 is 11.9 Å². The number of esters is 2. The highest BCUT2D eigenvalue weighted by Crippen LogP contribution is 2.39. The number of ether oxygens (including phenoxy) is 2. The van der Waals surface area contributed by atoms with Gasteiger partial charge in [-0.2, -0.15) is 0 Å². The van der Waals surface area contributed by atoms with Crippen LogP contribution in [0, 0.1) is 6.92 Å². The molecule has 0 atom stereocenters. The van der Waals surface area contributed by atoms with Crippen molar-refractivity contribution in [1.29, 1.82) is 0 Å². The number of thiophene rings is 1. The summed E-state index contributed by atoms with van der Waals surface area (Å²) >= 11 is 1.38. The molecule has 31 heavy (non-hydrogen) atoms. The maximum atomic E-state index is 12.6. The van der Waals surface area contributed by atoms with Gasteiger partial charge in [0.1, 0.15) is 5.00 Å². The second-order valence-electron chi connectivity index (χ2n) is 7.23. The SMILES string of the molecule is CCOC(=O)c1c(NC(=O)COC(=O)c2cc(C)nc3ccccc23)sc2c1CCC2. The third-order valence-electron chi connectivity index (χ3n) is 5.05. The average molecular weight is 439 g/mol. The van der Waals surface area contributed by atoms with Crippen LogP contribution in [0.4, 0.5) is 5.00 Å². The van der Waals surface area contributed by atoms with E-state index in [1.165, 1.54) is 11.3 Å². The second kappa shape index (κ2) is 8.85. The third kappa shape index (κ3) is 4.29. The molecular formula is C23H22N2O5S. The molecule has 0 spiro atoms. The number of nitrogens with zero attached hydrogens (tertiary/aromatic N) is 1. The topological polar surface area (TPSA) is 94.6 Å². The molecule has 160 valence electrons. The summed E-state index contributed by atoms with van der Waals surface area (Å²) in [5.74, 6) is -1.54. The van der Waals surface area contributed by atoms with Crippen LogP contribution in [-0.2, 0) is 27.1 Å². The van der Waals surface area contributed by atoms with Crippen molar-refractivity contribution in [2.45, 2.75) is 33.1 Å². The number of pyridine rings is 1. The molecule has 2 heterocycles. The quantitative estimate of drug-likeness (QED) is 0.583. The maximum absolute atomic E-state index is 12.6. The van der Waals surface area contributed by atoms with E-state index in [0.29, 0.717) is 32.7 Å². The van der Waals surface area contributed by atoms with Gasteiger partial charge in [-0.3, -0.25) is 9.78 Å². The second-order valence-corrected chi connectivity index (χ2v) is 8.34. The van der Waals surface area contributed by atoms with Crippen LogP contribution >= 0.6 is 11.3 Å². The Kier molecular flexibility index (Phi) is 5.99. The van der Waals surface area contributed by atoms with Gasteiger partial charge in [0.2, 0.25) is 0 Å². The van der Waals surface area contributed by atoms with Gasteiger partial charge in [-0.05, 0) is 50.8 Å². The van der Waals surface area contributed by atoms with Crippen molar-refractivity contribution in [3.8, 4) is 0 Å². The van der Waals surface area contributed by atoms with Crippen LogP contribution in [-0.4, -0.2) is 36.0 Å². The number of amides is 1. The zero-order valence-corrected chi connectivity index (χ0v) is 18.1. The standard InChI is InChI=1S/C23H22N2O5S/c1-3-29-23(28)20-15-8-6-10-18(15)31-21(20)25-19(26)12-30-22(27)16-11-13(2)24-17-9-5-4-7-14(16)17/h4-5,7,9,11H,3,6,8,10,12H2,1-2H3,(H,25,26). The largest absolute Gasteiger partial charge is 0.462 e. The Morgan fingerprint density at radius 2 is 1.94 bits per heavy atom. The van der Waals surface area contributed by atoms with E-state index in [-0.39, 0.29) is 6.61 Å². The smallest absolute Gasteiger partial charge is 0.341 e. The predicted octanol–water partition coefficient (Wildman–Crippen LogP) is 4.07. The normalized spacial score (nSPS) is 12.5. The number of hydrogen-bond acceptors (Lipinski definition) is 7. The molecule has 1 amide bonds. The fraction of sp³-hybridized carbons (Fsp3) is 0.304. The predicted molar refractivity (Wildman–Crippen MR) is 118 cm³/mol. The fourth-order valence-corrected chi connectivity index (χ4v) is 5.05. The Morgan fingerprint density at radius 3 is 2.74 bits per heavy atom. The first-order valence-electron chi connectivity index (χ1n) is 10.1. The van der Waals surface area contributed by atoms with E-state index >= 15 is 0 Å². The Morgan fingerprint density at radius 1 is 1.13 bits per heavy atom. The van der Waals surface area contributed by atoms with Gasteiger partial charge in [0, 0.05) is 16.0 Å². The van der Waals surface area contributed by atoms with E-state index < -0.39 is 24.5 Å². The van der Waals surface area contributed by atoms with Gasteiger partial charge in [0.25, 0.3) is 5.91 Å². The van der Waals surface area contributed by atoms with Gasteiger partial charge in [0.05, 0.1) is 23.3 Å². The minimum Gasteiger partial charge on any atom is -0.462 e. The molecule has 3 aromatic rings. The first kappa shape index (κ1) is 21.0. The highest BCUT2D eigenvalue weighted by atomic mass is 32.1. The summed E-state index contributed by atoms with van der Waals surface area (Å²) in [7, 11) is 0. The Bertz CT molecular complexity index is 1180. The number of carbonyl (C=O) groups is 3. The monoisotopic (exact) mass is 438 g/mol. The lowest BCUT2D eigenvalue weighted by Gasteiger charge is -2.10. The zero-order valence-electron chi connectivity index (χ0n) is 17.3. The summed E-state index contributed by atoms with van der Waals surface area (Å²) < 4.78 is 10.4. The van der Waals surface area contributed by atoms with Gasteiger partial charge < -0.3 is 14.8 Å². The lowest BCUT2D eigenvalue weighted by atomic mass is 10.1. The minimum atomic E-state index is -0.601. The number of para-hydroxylation sites is 1. The minimum absolute atomic E-state index is 0.258. The molecule has 0 unspecified atom stereocenters. The molecule has 0 fully saturated rings. The molecular weight excluding hydrogens is 416 g/mol. The number of rotatable bonds is 6. The van der Waals surface area contributed by atoms with Crippen LogP contribution in [0.3, 0.4) is 0 Å². The number of aromatic nitrogens is 1. The van der Waals surface area contributed by atoms with Crippen molar-refractivity contribution in [3.63, 3.8) is 0 Å². The molecule has 1 aromatic carbocycles. The molecule has 1 aliphatic rings. The summed E-state index contributed by atoms with van der Waals surface area (Å²) in [6.45, 7) is 3.34. The molecule has 2 aromatic heterocycles. The maximum Gasteiger partial charge on any atom is 0.341 e. The summed E-state index contributed by atoms with van der Waals surface area (Å²) in [5.41, 5.74) is 3.11. The van der Waals surface area contributed by atoms with Gasteiger partial charge in [0.15, 0.2) is 6.61 Å². The summed E-state index contributed by atoms with van der Waals surface area (Å²) in [6.07, 6.45) is 2.66. The number of hydrogen-bond donors (Lipinski definition) is 1. The van der Waals surface area contributed by atoms with Crippen molar-refractivity contribution >= 4 is 45.1 Å². The van der Waals surface area contributed by atoms with Crippen LogP contribution in [0.25, 0.3) is 10.9 Å². The van der Waals surface area contributed by atoms with Crippen molar-refractivity contribution in [3.05, 3.63) is 57.6 Å². The van der Waals surface area contributed by atoms with E-state index in [1.807, 2.05) is 18.2 Å². The Labute approximate surface area is 183 Å². The van der Waals surface area contributed by atoms with E-state index in [9.17, 15) is 14.4 Å². The van der Waals surface area contributed by atoms with Crippen molar-refractivity contribution in [2.24, 2.45) is 0 Å². The zero-order chi connectivity index (χ0) is 22.0. The lowest BCUT2D eigenvalue weighted by Crippen LogP contribution is -2.22. The molecule has 1 N–H and O–H groups in total. The average Bonchev–Trinajstić information content (AvgIpc) is 3.32. The third-order valence-corrected chi connectivity index (χ3v) is 6.26. The molecule has 0 bridgehead atoms. The first-order valence-corrected chi connectivity index (χ1v) is 10.9. The summed E-state index contributed by atoms with van der Waals surface area (Å²) in [6, 6.07) is 8.91. The molecule has 0 radical (unpaired) electrons. The number of anilines is 1. The number of carbonyl (C=O) groups excluding carboxylic acids is 3. The fourth-order valence-electron chi connectivity index (χ4n) is 3.76. The van der Waals surface area contributed by atoms with Crippen molar-refractivity contribution in [1.82, 2.24) is 4.98 Å². The van der Waals surface area contributed by atoms with Crippen LogP contribution in [0.15, 0.2) is 30.3 Å². The van der Waals surface area contributed by atoms with E-state index in [2.05, 4.69) is 10.3 Å². The van der Waals surface area contributed by atoms with Gasteiger partial charge in [-0.1, -0.05) is 18.2 Å². The van der Waals surface area contributed by atoms with Crippen LogP contribution < -0.4 is 5.32 Å². The van der Waals surface area contributed by atoms with Crippen LogP contribution in [0.1, 0.15) is 50.2 Å². The van der Waals surface area contributed by atoms with Gasteiger partial charge in [-0.15, -0.1) is 11.3 Å². The van der Waals surface area contributed by atoms with Crippen molar-refractivity contribution < 1.29 is 23.9 Å². The highest BCUT2D eigenvalue weighted by Gasteiger charge is 2.28. The van der Waals surface area contributed by atoms with Crippen LogP contribution in [0.2, 0.25) is 0 Å². The number of fused-ring (bicyclic) bond motifs is 2. The molecule has 0 aliphatic heterocycles. The van der Waals surface area contributed by atoms with Crippen LogP contribution in [0.5, 0.6) is 0 Å². The first-order chi connectivity index (χ1) is 15.0. The molecule has 4 rings (SSSR count).